The predicted molar refractivity (Wildman–Crippen MR) is 90.9 cm³/mol. The van der Waals surface area contributed by atoms with Gasteiger partial charge in [-0.2, -0.15) is 0 Å². The SMILES string of the molecule is CN(C)c1ccc(N2CCN(C(=O)C3CCC(=O)NC3)CC2)nn1. The minimum Gasteiger partial charge on any atom is -0.361 e. The Hall–Kier alpha value is -2.38. The van der Waals surface area contributed by atoms with Crippen molar-refractivity contribution in [1.82, 2.24) is 20.4 Å². The number of rotatable bonds is 3. The maximum Gasteiger partial charge on any atom is 0.227 e. The third-order valence-corrected chi connectivity index (χ3v) is 4.62. The van der Waals surface area contributed by atoms with E-state index in [4.69, 9.17) is 0 Å². The summed E-state index contributed by atoms with van der Waals surface area (Å²) in [7, 11) is 3.86. The monoisotopic (exact) mass is 332 g/mol. The molecule has 1 N–H and O–H groups in total. The summed E-state index contributed by atoms with van der Waals surface area (Å²) in [5.41, 5.74) is 0. The number of hydrogen-bond donors (Lipinski definition) is 1. The maximum absolute atomic E-state index is 12.5. The number of piperazine rings is 1. The van der Waals surface area contributed by atoms with Crippen LogP contribution in [0.2, 0.25) is 0 Å². The average molecular weight is 332 g/mol. The van der Waals surface area contributed by atoms with E-state index in [1.807, 2.05) is 36.0 Å². The van der Waals surface area contributed by atoms with Crippen molar-refractivity contribution in [3.05, 3.63) is 12.1 Å². The quantitative estimate of drug-likeness (QED) is 0.820. The normalized spacial score (nSPS) is 21.4. The second kappa shape index (κ2) is 7.02. The van der Waals surface area contributed by atoms with Crippen LogP contribution < -0.4 is 15.1 Å². The highest BCUT2D eigenvalue weighted by molar-refractivity contribution is 5.84. The van der Waals surface area contributed by atoms with Gasteiger partial charge >= 0.3 is 0 Å². The molecule has 1 atom stereocenters. The molecule has 2 fully saturated rings. The number of piperidine rings is 1. The van der Waals surface area contributed by atoms with Gasteiger partial charge in [-0.25, -0.2) is 0 Å². The molecule has 3 rings (SSSR count). The van der Waals surface area contributed by atoms with Crippen LogP contribution in [-0.4, -0.2) is 73.7 Å². The van der Waals surface area contributed by atoms with Crippen LogP contribution in [-0.2, 0) is 9.59 Å². The van der Waals surface area contributed by atoms with Crippen LogP contribution in [0.5, 0.6) is 0 Å². The molecule has 2 aliphatic rings. The molecule has 0 saturated carbocycles. The van der Waals surface area contributed by atoms with Gasteiger partial charge in [-0.1, -0.05) is 0 Å². The molecule has 0 aromatic carbocycles. The molecule has 2 aliphatic heterocycles. The highest BCUT2D eigenvalue weighted by Crippen LogP contribution is 2.18. The zero-order chi connectivity index (χ0) is 17.1. The van der Waals surface area contributed by atoms with Crippen LogP contribution in [0.4, 0.5) is 11.6 Å². The Kier molecular flexibility index (Phi) is 4.82. The van der Waals surface area contributed by atoms with E-state index < -0.39 is 0 Å². The molecular weight excluding hydrogens is 308 g/mol. The van der Waals surface area contributed by atoms with Crippen LogP contribution in [0, 0.1) is 5.92 Å². The van der Waals surface area contributed by atoms with Crippen molar-refractivity contribution in [2.75, 3.05) is 56.6 Å². The van der Waals surface area contributed by atoms with Gasteiger partial charge in [0.25, 0.3) is 0 Å². The van der Waals surface area contributed by atoms with E-state index in [9.17, 15) is 9.59 Å². The summed E-state index contributed by atoms with van der Waals surface area (Å²) in [5.74, 6) is 1.80. The van der Waals surface area contributed by atoms with Crippen molar-refractivity contribution in [2.45, 2.75) is 12.8 Å². The summed E-state index contributed by atoms with van der Waals surface area (Å²) in [6.07, 6.45) is 1.10. The molecule has 0 aliphatic carbocycles. The Balaban J connectivity index is 1.53. The van der Waals surface area contributed by atoms with Gasteiger partial charge < -0.3 is 20.0 Å². The fourth-order valence-electron chi connectivity index (χ4n) is 3.08. The van der Waals surface area contributed by atoms with Crippen LogP contribution in [0.25, 0.3) is 0 Å². The van der Waals surface area contributed by atoms with Crippen molar-refractivity contribution >= 4 is 23.5 Å². The third-order valence-electron chi connectivity index (χ3n) is 4.62. The number of carbonyl (C=O) groups excluding carboxylic acids is 2. The van der Waals surface area contributed by atoms with Gasteiger partial charge in [0.2, 0.25) is 11.8 Å². The molecule has 0 radical (unpaired) electrons. The van der Waals surface area contributed by atoms with E-state index >= 15 is 0 Å². The fraction of sp³-hybridized carbons (Fsp3) is 0.625. The molecule has 0 bridgehead atoms. The third kappa shape index (κ3) is 3.58. The Morgan fingerprint density at radius 2 is 1.96 bits per heavy atom. The first-order valence-corrected chi connectivity index (χ1v) is 8.36. The molecule has 8 heteroatoms. The number of hydrogen-bond acceptors (Lipinski definition) is 6. The molecule has 2 amide bonds. The molecule has 2 saturated heterocycles. The Bertz CT molecular complexity index is 585. The summed E-state index contributed by atoms with van der Waals surface area (Å²) in [6.45, 7) is 3.33. The number of carbonyl (C=O) groups is 2. The molecule has 1 unspecified atom stereocenters. The molecule has 0 spiro atoms. The zero-order valence-electron chi connectivity index (χ0n) is 14.2. The smallest absolute Gasteiger partial charge is 0.227 e. The van der Waals surface area contributed by atoms with Gasteiger partial charge in [0.05, 0.1) is 5.92 Å². The Labute approximate surface area is 141 Å². The number of aromatic nitrogens is 2. The minimum absolute atomic E-state index is 0.0450. The van der Waals surface area contributed by atoms with Gasteiger partial charge in [0.1, 0.15) is 0 Å². The van der Waals surface area contributed by atoms with E-state index in [1.54, 1.807) is 0 Å². The van der Waals surface area contributed by atoms with Crippen molar-refractivity contribution in [2.24, 2.45) is 5.92 Å². The summed E-state index contributed by atoms with van der Waals surface area (Å²) < 4.78 is 0. The lowest BCUT2D eigenvalue weighted by Gasteiger charge is -2.37. The van der Waals surface area contributed by atoms with Gasteiger partial charge in [0.15, 0.2) is 11.6 Å². The number of anilines is 2. The molecule has 1 aromatic heterocycles. The molecule has 8 nitrogen and oxygen atoms in total. The zero-order valence-corrected chi connectivity index (χ0v) is 14.2. The van der Waals surface area contributed by atoms with Crippen LogP contribution in [0.15, 0.2) is 12.1 Å². The summed E-state index contributed by atoms with van der Waals surface area (Å²) in [5, 5.41) is 11.3. The van der Waals surface area contributed by atoms with Crippen molar-refractivity contribution in [1.29, 1.82) is 0 Å². The van der Waals surface area contributed by atoms with E-state index in [2.05, 4.69) is 20.4 Å². The predicted octanol–water partition coefficient (Wildman–Crippen LogP) is -0.283. The van der Waals surface area contributed by atoms with Gasteiger partial charge in [0, 0.05) is 53.2 Å². The van der Waals surface area contributed by atoms with E-state index in [0.717, 1.165) is 24.7 Å². The van der Waals surface area contributed by atoms with E-state index in [1.165, 1.54) is 0 Å². The lowest BCUT2D eigenvalue weighted by atomic mass is 9.97. The van der Waals surface area contributed by atoms with Gasteiger partial charge in [-0.05, 0) is 18.6 Å². The largest absolute Gasteiger partial charge is 0.361 e. The van der Waals surface area contributed by atoms with Crippen LogP contribution in [0.1, 0.15) is 12.8 Å². The van der Waals surface area contributed by atoms with Gasteiger partial charge in [-0.3, -0.25) is 9.59 Å². The molecule has 3 heterocycles. The number of nitrogens with one attached hydrogen (secondary N) is 1. The summed E-state index contributed by atoms with van der Waals surface area (Å²) in [6, 6.07) is 3.92. The lowest BCUT2D eigenvalue weighted by molar-refractivity contribution is -0.137. The van der Waals surface area contributed by atoms with E-state index in [-0.39, 0.29) is 17.7 Å². The second-order valence-corrected chi connectivity index (χ2v) is 6.50. The fourth-order valence-corrected chi connectivity index (χ4v) is 3.08. The first-order valence-electron chi connectivity index (χ1n) is 8.36. The molecular formula is C16H24N6O2. The summed E-state index contributed by atoms with van der Waals surface area (Å²) >= 11 is 0. The van der Waals surface area contributed by atoms with Crippen molar-refractivity contribution in [3.8, 4) is 0 Å². The van der Waals surface area contributed by atoms with E-state index in [0.29, 0.717) is 32.5 Å². The van der Waals surface area contributed by atoms with Crippen molar-refractivity contribution < 1.29 is 9.59 Å². The Morgan fingerprint density at radius 3 is 2.50 bits per heavy atom. The van der Waals surface area contributed by atoms with Crippen LogP contribution in [0.3, 0.4) is 0 Å². The topological polar surface area (TPSA) is 81.7 Å². The molecule has 130 valence electrons. The highest BCUT2D eigenvalue weighted by Gasteiger charge is 2.30. The molecule has 1 aromatic rings. The number of nitrogens with zero attached hydrogens (tertiary/aromatic N) is 5. The molecule has 24 heavy (non-hydrogen) atoms. The standard InChI is InChI=1S/C16H24N6O2/c1-20(2)13-4-5-14(19-18-13)21-7-9-22(10-8-21)16(24)12-3-6-15(23)17-11-12/h4-5,12H,3,6-11H2,1-2H3,(H,17,23). The number of amides is 2. The van der Waals surface area contributed by atoms with Crippen molar-refractivity contribution in [3.63, 3.8) is 0 Å². The first kappa shape index (κ1) is 16.5. The Morgan fingerprint density at radius 1 is 1.21 bits per heavy atom. The van der Waals surface area contributed by atoms with Gasteiger partial charge in [-0.15, -0.1) is 10.2 Å². The van der Waals surface area contributed by atoms with Crippen LogP contribution >= 0.6 is 0 Å². The summed E-state index contributed by atoms with van der Waals surface area (Å²) in [4.78, 5) is 29.7. The average Bonchev–Trinajstić information content (AvgIpc) is 2.62. The minimum atomic E-state index is -0.0755. The highest BCUT2D eigenvalue weighted by atomic mass is 16.2. The lowest BCUT2D eigenvalue weighted by Crippen LogP contribution is -2.52. The first-order chi connectivity index (χ1) is 11.5. The second-order valence-electron chi connectivity index (χ2n) is 6.50. The maximum atomic E-state index is 12.5.